The third kappa shape index (κ3) is 10.7. The highest BCUT2D eigenvalue weighted by Crippen LogP contribution is 2.45. The zero-order chi connectivity index (χ0) is 33.4. The standard InChI is InChI=1S/C31H54N6O6S/c1-17(2)11-24(25(38)12-20(7)27(39)34-26(18(3)4)28(40)32-19(5)6)33-29(41)31(14-23(31)15-44-10)35-30(42)43-16-37-22(9)13-21(8)36-37/h13,17-20,23-26,38H,11-12,14-16H2,1-10H3,(H,32,40)(H,33,41)(H,34,39)(H,35,42)/t20-,23+,24+,25+,26+,31?/m1/s1. The number of aliphatic hydroxyl groups is 1. The van der Waals surface area contributed by atoms with E-state index in [1.165, 1.54) is 0 Å². The van der Waals surface area contributed by atoms with Crippen LogP contribution in [-0.4, -0.2) is 80.5 Å². The third-order valence-electron chi connectivity index (χ3n) is 7.85. The van der Waals surface area contributed by atoms with E-state index >= 15 is 0 Å². The highest BCUT2D eigenvalue weighted by Gasteiger charge is 2.61. The van der Waals surface area contributed by atoms with Crippen molar-refractivity contribution in [3.63, 3.8) is 0 Å². The number of thioether (sulfide) groups is 1. The first-order valence-electron chi connectivity index (χ1n) is 15.5. The molecule has 44 heavy (non-hydrogen) atoms. The van der Waals surface area contributed by atoms with Crippen molar-refractivity contribution in [3.8, 4) is 0 Å². The van der Waals surface area contributed by atoms with E-state index in [1.807, 2.05) is 67.7 Å². The predicted octanol–water partition coefficient (Wildman–Crippen LogP) is 2.89. The highest BCUT2D eigenvalue weighted by molar-refractivity contribution is 7.98. The number of aryl methyl sites for hydroxylation is 2. The predicted molar refractivity (Wildman–Crippen MR) is 172 cm³/mol. The summed E-state index contributed by atoms with van der Waals surface area (Å²) in [6.07, 6.45) is 1.20. The Bertz CT molecular complexity index is 1140. The fourth-order valence-corrected chi connectivity index (χ4v) is 6.12. The van der Waals surface area contributed by atoms with Crippen LogP contribution in [0.2, 0.25) is 0 Å². The van der Waals surface area contributed by atoms with E-state index in [2.05, 4.69) is 26.4 Å². The van der Waals surface area contributed by atoms with Gasteiger partial charge in [-0.15, -0.1) is 0 Å². The van der Waals surface area contributed by atoms with Crippen molar-refractivity contribution < 1.29 is 29.0 Å². The summed E-state index contributed by atoms with van der Waals surface area (Å²) < 4.78 is 6.97. The summed E-state index contributed by atoms with van der Waals surface area (Å²) in [7, 11) is 0. The largest absolute Gasteiger partial charge is 0.426 e. The van der Waals surface area contributed by atoms with Gasteiger partial charge in [-0.3, -0.25) is 14.4 Å². The number of aromatic nitrogens is 2. The molecule has 0 radical (unpaired) electrons. The Morgan fingerprint density at radius 3 is 2.23 bits per heavy atom. The van der Waals surface area contributed by atoms with Gasteiger partial charge in [0.05, 0.1) is 17.8 Å². The first-order valence-corrected chi connectivity index (χ1v) is 16.9. The van der Waals surface area contributed by atoms with Gasteiger partial charge in [0.1, 0.15) is 11.6 Å². The minimum Gasteiger partial charge on any atom is -0.426 e. The van der Waals surface area contributed by atoms with Gasteiger partial charge in [-0.05, 0) is 76.9 Å². The lowest BCUT2D eigenvalue weighted by Gasteiger charge is -2.30. The van der Waals surface area contributed by atoms with Gasteiger partial charge in [0.2, 0.25) is 17.7 Å². The molecule has 6 atom stereocenters. The van der Waals surface area contributed by atoms with Gasteiger partial charge in [-0.2, -0.15) is 16.9 Å². The number of alkyl carbamates (subject to hydrolysis) is 1. The monoisotopic (exact) mass is 638 g/mol. The molecule has 1 saturated carbocycles. The molecule has 0 bridgehead atoms. The first-order chi connectivity index (χ1) is 20.5. The van der Waals surface area contributed by atoms with Crippen LogP contribution >= 0.6 is 11.8 Å². The van der Waals surface area contributed by atoms with Crippen LogP contribution in [0.4, 0.5) is 4.79 Å². The number of carbonyl (C=O) groups is 4. The minimum atomic E-state index is -1.15. The van der Waals surface area contributed by atoms with E-state index in [9.17, 15) is 24.3 Å². The van der Waals surface area contributed by atoms with Gasteiger partial charge < -0.3 is 31.1 Å². The lowest BCUT2D eigenvalue weighted by molar-refractivity contribution is -0.133. The highest BCUT2D eigenvalue weighted by atomic mass is 32.2. The zero-order valence-electron chi connectivity index (χ0n) is 28.0. The van der Waals surface area contributed by atoms with Crippen LogP contribution in [-0.2, 0) is 25.9 Å². The molecule has 0 spiro atoms. The number of hydrogen-bond acceptors (Lipinski definition) is 8. The van der Waals surface area contributed by atoms with Gasteiger partial charge in [0.15, 0.2) is 6.73 Å². The Morgan fingerprint density at radius 1 is 1.05 bits per heavy atom. The zero-order valence-corrected chi connectivity index (χ0v) is 28.8. The molecule has 0 aliphatic heterocycles. The molecule has 2 rings (SSSR count). The number of hydrogen-bond donors (Lipinski definition) is 5. The quantitative estimate of drug-likeness (QED) is 0.174. The molecule has 5 N–H and O–H groups in total. The lowest BCUT2D eigenvalue weighted by Crippen LogP contribution is -2.56. The van der Waals surface area contributed by atoms with Crippen molar-refractivity contribution >= 4 is 35.6 Å². The number of ether oxygens (including phenoxy) is 1. The van der Waals surface area contributed by atoms with Crippen LogP contribution in [0.3, 0.4) is 0 Å². The maximum absolute atomic E-state index is 13.7. The molecule has 1 aromatic heterocycles. The molecular weight excluding hydrogens is 584 g/mol. The molecule has 1 unspecified atom stereocenters. The van der Waals surface area contributed by atoms with Crippen LogP contribution in [0.25, 0.3) is 0 Å². The fraction of sp³-hybridized carbons (Fsp3) is 0.774. The van der Waals surface area contributed by atoms with Crippen LogP contribution < -0.4 is 21.3 Å². The molecule has 13 heteroatoms. The van der Waals surface area contributed by atoms with Crippen LogP contribution in [0.5, 0.6) is 0 Å². The summed E-state index contributed by atoms with van der Waals surface area (Å²) in [5.41, 5.74) is 0.505. The van der Waals surface area contributed by atoms with Crippen molar-refractivity contribution in [2.75, 3.05) is 12.0 Å². The summed E-state index contributed by atoms with van der Waals surface area (Å²) in [6.45, 7) is 16.7. The molecule has 1 fully saturated rings. The Hall–Kier alpha value is -2.80. The molecule has 0 saturated heterocycles. The third-order valence-corrected chi connectivity index (χ3v) is 8.59. The Morgan fingerprint density at radius 2 is 1.70 bits per heavy atom. The second-order valence-electron chi connectivity index (χ2n) is 13.2. The molecule has 1 aliphatic rings. The van der Waals surface area contributed by atoms with Crippen molar-refractivity contribution in [2.45, 2.75) is 118 Å². The van der Waals surface area contributed by atoms with Gasteiger partial charge >= 0.3 is 6.09 Å². The van der Waals surface area contributed by atoms with Crippen LogP contribution in [0.1, 0.15) is 79.1 Å². The van der Waals surface area contributed by atoms with Gasteiger partial charge in [0, 0.05) is 23.6 Å². The molecule has 0 aromatic carbocycles. The van der Waals surface area contributed by atoms with E-state index in [1.54, 1.807) is 23.4 Å². The fourth-order valence-electron chi connectivity index (χ4n) is 5.32. The first kappa shape index (κ1) is 37.4. The Labute approximate surface area is 266 Å². The van der Waals surface area contributed by atoms with Gasteiger partial charge in [-0.1, -0.05) is 34.6 Å². The number of rotatable bonds is 17. The Balaban J connectivity index is 2.09. The van der Waals surface area contributed by atoms with Crippen molar-refractivity contribution in [1.82, 2.24) is 31.0 Å². The minimum absolute atomic E-state index is 0.0632. The maximum atomic E-state index is 13.7. The summed E-state index contributed by atoms with van der Waals surface area (Å²) in [6, 6.07) is 0.461. The Kier molecular flexibility index (Phi) is 14.0. The number of aliphatic hydroxyl groups excluding tert-OH is 1. The average molecular weight is 639 g/mol. The molecule has 12 nitrogen and oxygen atoms in total. The van der Waals surface area contributed by atoms with Crippen molar-refractivity contribution in [3.05, 3.63) is 17.5 Å². The van der Waals surface area contributed by atoms with E-state index < -0.39 is 35.7 Å². The van der Waals surface area contributed by atoms with Gasteiger partial charge in [0.25, 0.3) is 0 Å². The second kappa shape index (κ2) is 16.5. The second-order valence-corrected chi connectivity index (χ2v) is 14.2. The topological polar surface area (TPSA) is 164 Å². The average Bonchev–Trinajstić information content (AvgIpc) is 3.49. The normalized spacial score (nSPS) is 20.5. The van der Waals surface area contributed by atoms with Crippen molar-refractivity contribution in [1.29, 1.82) is 0 Å². The van der Waals surface area contributed by atoms with Crippen LogP contribution in [0.15, 0.2) is 6.07 Å². The smallest absolute Gasteiger partial charge is 0.409 e. The van der Waals surface area contributed by atoms with E-state index in [0.29, 0.717) is 18.6 Å². The molecule has 1 aliphatic carbocycles. The van der Waals surface area contributed by atoms with E-state index in [0.717, 1.165) is 11.4 Å². The summed E-state index contributed by atoms with van der Waals surface area (Å²) >= 11 is 1.58. The number of amides is 4. The lowest BCUT2D eigenvalue weighted by atomic mass is 9.91. The van der Waals surface area contributed by atoms with Crippen LogP contribution in [0, 0.1) is 37.5 Å². The molecule has 1 aromatic rings. The summed E-state index contributed by atoms with van der Waals surface area (Å²) in [4.78, 5) is 52.3. The SMILES string of the molecule is CSC[C@@H]1CC1(NC(=O)OCn1nc(C)cc1C)C(=O)N[C@@H](CC(C)C)[C@@H](O)C[C@@H](C)C(=O)N[C@H](C(=O)NC(C)C)C(C)C. The van der Waals surface area contributed by atoms with E-state index in [4.69, 9.17) is 4.74 Å². The molecular formula is C31H54N6O6S. The molecule has 250 valence electrons. The van der Waals surface area contributed by atoms with E-state index in [-0.39, 0.29) is 54.7 Å². The molecule has 1 heterocycles. The summed E-state index contributed by atoms with van der Waals surface area (Å²) in [5.74, 6) is -1.01. The maximum Gasteiger partial charge on any atom is 0.409 e. The number of carbonyl (C=O) groups excluding carboxylic acids is 4. The number of nitrogens with one attached hydrogen (secondary N) is 4. The number of nitrogens with zero attached hydrogens (tertiary/aromatic N) is 2. The molecule has 4 amide bonds. The van der Waals surface area contributed by atoms with Crippen molar-refractivity contribution in [2.24, 2.45) is 23.7 Å². The van der Waals surface area contributed by atoms with Gasteiger partial charge in [-0.25, -0.2) is 9.48 Å². The summed E-state index contributed by atoms with van der Waals surface area (Å²) in [5, 5.41) is 27.0.